The van der Waals surface area contributed by atoms with Gasteiger partial charge in [-0.15, -0.1) is 0 Å². The number of carbonyl (C=O) groups is 1. The number of hydrogen-bond donors (Lipinski definition) is 1. The molecule has 2 aromatic heterocycles. The first-order chi connectivity index (χ1) is 10.1. The van der Waals surface area contributed by atoms with Crippen molar-refractivity contribution in [2.75, 3.05) is 0 Å². The smallest absolute Gasteiger partial charge is 0.336 e. The predicted octanol–water partition coefficient (Wildman–Crippen LogP) is 3.47. The average molecular weight is 302 g/mol. The Kier molecular flexibility index (Phi) is 3.35. The first-order valence-corrected chi connectivity index (χ1v) is 6.83. The van der Waals surface area contributed by atoms with Gasteiger partial charge >= 0.3 is 5.97 Å². The van der Waals surface area contributed by atoms with E-state index in [2.05, 4.69) is 10.1 Å². The summed E-state index contributed by atoms with van der Waals surface area (Å²) in [5.74, 6) is -1.01. The molecule has 0 amide bonds. The van der Waals surface area contributed by atoms with E-state index >= 15 is 0 Å². The van der Waals surface area contributed by atoms with Crippen LogP contribution in [0.4, 0.5) is 0 Å². The van der Waals surface area contributed by atoms with Gasteiger partial charge in [-0.3, -0.25) is 4.68 Å². The van der Waals surface area contributed by atoms with Gasteiger partial charge in [0.15, 0.2) is 0 Å². The summed E-state index contributed by atoms with van der Waals surface area (Å²) in [7, 11) is 0. The van der Waals surface area contributed by atoms with E-state index in [1.165, 1.54) is 0 Å². The molecular weight excluding hydrogens is 290 g/mol. The van der Waals surface area contributed by atoms with Gasteiger partial charge in [-0.05, 0) is 37.3 Å². The van der Waals surface area contributed by atoms with Gasteiger partial charge in [0.2, 0.25) is 0 Å². The summed E-state index contributed by atoms with van der Waals surface area (Å²) < 4.78 is 1.77. The van der Waals surface area contributed by atoms with E-state index in [9.17, 15) is 9.90 Å². The molecule has 0 unspecified atom stereocenters. The lowest BCUT2D eigenvalue weighted by Crippen LogP contribution is -2.03. The lowest BCUT2D eigenvalue weighted by Gasteiger charge is -2.08. The zero-order valence-electron chi connectivity index (χ0n) is 11.2. The SMILES string of the molecule is CCn1nccc1-c1cc(C(=O)O)c2cc(Cl)ccc2n1. The van der Waals surface area contributed by atoms with Crippen molar-refractivity contribution in [3.63, 3.8) is 0 Å². The maximum atomic E-state index is 11.5. The molecule has 106 valence electrons. The molecule has 0 saturated carbocycles. The Labute approximate surface area is 125 Å². The number of nitrogens with zero attached hydrogens (tertiary/aromatic N) is 3. The molecule has 0 fully saturated rings. The maximum Gasteiger partial charge on any atom is 0.336 e. The highest BCUT2D eigenvalue weighted by molar-refractivity contribution is 6.31. The highest BCUT2D eigenvalue weighted by atomic mass is 35.5. The van der Waals surface area contributed by atoms with E-state index in [0.717, 1.165) is 5.69 Å². The highest BCUT2D eigenvalue weighted by Crippen LogP contribution is 2.27. The molecule has 6 heteroatoms. The molecular formula is C15H12ClN3O2. The molecule has 3 aromatic rings. The van der Waals surface area contributed by atoms with Crippen molar-refractivity contribution < 1.29 is 9.90 Å². The number of hydrogen-bond acceptors (Lipinski definition) is 3. The third kappa shape index (κ3) is 2.36. The largest absolute Gasteiger partial charge is 0.478 e. The third-order valence-electron chi connectivity index (χ3n) is 3.28. The van der Waals surface area contributed by atoms with Crippen LogP contribution >= 0.6 is 11.6 Å². The number of aromatic carboxylic acids is 1. The molecule has 21 heavy (non-hydrogen) atoms. The molecule has 0 radical (unpaired) electrons. The van der Waals surface area contributed by atoms with Crippen molar-refractivity contribution in [2.45, 2.75) is 13.5 Å². The number of carboxylic acids is 1. The number of fused-ring (bicyclic) bond motifs is 1. The standard InChI is InChI=1S/C15H12ClN3O2/c1-2-19-14(5-6-17-19)13-8-11(15(20)21)10-7-9(16)3-4-12(10)18-13/h3-8H,2H2,1H3,(H,20,21). The molecule has 1 N–H and O–H groups in total. The Balaban J connectivity index is 2.31. The van der Waals surface area contributed by atoms with Gasteiger partial charge < -0.3 is 5.11 Å². The molecule has 0 aliphatic rings. The predicted molar refractivity (Wildman–Crippen MR) is 80.6 cm³/mol. The summed E-state index contributed by atoms with van der Waals surface area (Å²) in [6.07, 6.45) is 1.67. The molecule has 0 aliphatic heterocycles. The zero-order valence-corrected chi connectivity index (χ0v) is 12.0. The first-order valence-electron chi connectivity index (χ1n) is 6.46. The number of pyridine rings is 1. The van der Waals surface area contributed by atoms with Crippen LogP contribution in [0.3, 0.4) is 0 Å². The lowest BCUT2D eigenvalue weighted by atomic mass is 10.1. The van der Waals surface area contributed by atoms with E-state index in [4.69, 9.17) is 11.6 Å². The van der Waals surface area contributed by atoms with Gasteiger partial charge in [-0.25, -0.2) is 9.78 Å². The molecule has 0 saturated heterocycles. The maximum absolute atomic E-state index is 11.5. The van der Waals surface area contributed by atoms with Crippen LogP contribution in [0, 0.1) is 0 Å². The molecule has 5 nitrogen and oxygen atoms in total. The van der Waals surface area contributed by atoms with E-state index in [-0.39, 0.29) is 5.56 Å². The van der Waals surface area contributed by atoms with Crippen molar-refractivity contribution >= 4 is 28.5 Å². The topological polar surface area (TPSA) is 68.0 Å². The molecule has 1 aromatic carbocycles. The Hall–Kier alpha value is -2.40. The van der Waals surface area contributed by atoms with Gasteiger partial charge in [-0.1, -0.05) is 11.6 Å². The Morgan fingerprint density at radius 3 is 2.86 bits per heavy atom. The lowest BCUT2D eigenvalue weighted by molar-refractivity contribution is 0.0699. The van der Waals surface area contributed by atoms with E-state index in [1.807, 2.05) is 13.0 Å². The van der Waals surface area contributed by atoms with Crippen molar-refractivity contribution in [2.24, 2.45) is 0 Å². The fourth-order valence-electron chi connectivity index (χ4n) is 2.31. The summed E-state index contributed by atoms with van der Waals surface area (Å²) in [6.45, 7) is 2.65. The summed E-state index contributed by atoms with van der Waals surface area (Å²) >= 11 is 5.95. The van der Waals surface area contributed by atoms with E-state index in [1.54, 1.807) is 35.1 Å². The third-order valence-corrected chi connectivity index (χ3v) is 3.51. The Morgan fingerprint density at radius 1 is 1.33 bits per heavy atom. The van der Waals surface area contributed by atoms with Gasteiger partial charge in [0.25, 0.3) is 0 Å². The minimum Gasteiger partial charge on any atom is -0.478 e. The monoisotopic (exact) mass is 301 g/mol. The van der Waals surface area contributed by atoms with Crippen LogP contribution in [-0.2, 0) is 6.54 Å². The molecule has 3 rings (SSSR count). The minimum atomic E-state index is -1.01. The Bertz CT molecular complexity index is 842. The Morgan fingerprint density at radius 2 is 2.14 bits per heavy atom. The van der Waals surface area contributed by atoms with Crippen LogP contribution in [0.25, 0.3) is 22.3 Å². The second kappa shape index (κ2) is 5.18. The second-order valence-electron chi connectivity index (χ2n) is 4.55. The number of carboxylic acid groups (broad SMARTS) is 1. The van der Waals surface area contributed by atoms with Gasteiger partial charge in [0.05, 0.1) is 22.5 Å². The fourth-order valence-corrected chi connectivity index (χ4v) is 2.48. The van der Waals surface area contributed by atoms with Crippen LogP contribution < -0.4 is 0 Å². The van der Waals surface area contributed by atoms with Gasteiger partial charge in [-0.2, -0.15) is 5.10 Å². The minimum absolute atomic E-state index is 0.182. The van der Waals surface area contributed by atoms with Crippen LogP contribution in [0.15, 0.2) is 36.5 Å². The number of aromatic nitrogens is 3. The van der Waals surface area contributed by atoms with Crippen molar-refractivity contribution in [1.29, 1.82) is 0 Å². The normalized spacial score (nSPS) is 11.0. The van der Waals surface area contributed by atoms with Crippen LogP contribution in [-0.4, -0.2) is 25.8 Å². The number of rotatable bonds is 3. The number of benzene rings is 1. The van der Waals surface area contributed by atoms with Crippen molar-refractivity contribution in [1.82, 2.24) is 14.8 Å². The average Bonchev–Trinajstić information content (AvgIpc) is 2.94. The summed E-state index contributed by atoms with van der Waals surface area (Å²) in [5, 5.41) is 14.6. The van der Waals surface area contributed by atoms with Crippen LogP contribution in [0.1, 0.15) is 17.3 Å². The zero-order chi connectivity index (χ0) is 15.0. The first kappa shape index (κ1) is 13.6. The number of halogens is 1. The molecule has 0 bridgehead atoms. The van der Waals surface area contributed by atoms with E-state index < -0.39 is 5.97 Å². The molecule has 0 aliphatic carbocycles. The van der Waals surface area contributed by atoms with Crippen LogP contribution in [0.5, 0.6) is 0 Å². The van der Waals surface area contributed by atoms with Gasteiger partial charge in [0.1, 0.15) is 0 Å². The fraction of sp³-hybridized carbons (Fsp3) is 0.133. The van der Waals surface area contributed by atoms with Crippen molar-refractivity contribution in [3.05, 3.63) is 47.1 Å². The summed E-state index contributed by atoms with van der Waals surface area (Å²) in [4.78, 5) is 16.0. The second-order valence-corrected chi connectivity index (χ2v) is 4.99. The molecule has 0 atom stereocenters. The highest BCUT2D eigenvalue weighted by Gasteiger charge is 2.15. The molecule has 2 heterocycles. The number of aryl methyl sites for hydroxylation is 1. The summed E-state index contributed by atoms with van der Waals surface area (Å²) in [6, 6.07) is 8.42. The van der Waals surface area contributed by atoms with Gasteiger partial charge in [0, 0.05) is 23.2 Å². The van der Waals surface area contributed by atoms with E-state index in [0.29, 0.717) is 28.2 Å². The quantitative estimate of drug-likeness (QED) is 0.804. The summed E-state index contributed by atoms with van der Waals surface area (Å²) in [5.41, 5.74) is 2.15. The van der Waals surface area contributed by atoms with Crippen molar-refractivity contribution in [3.8, 4) is 11.4 Å². The molecule has 0 spiro atoms. The van der Waals surface area contributed by atoms with Crippen LogP contribution in [0.2, 0.25) is 5.02 Å².